The number of aromatic nitrogens is 2. The van der Waals surface area contributed by atoms with Gasteiger partial charge in [0.05, 0.1) is 22.0 Å². The number of alkyl halides is 3. The average molecular weight is 574 g/mol. The highest BCUT2D eigenvalue weighted by Crippen LogP contribution is 2.26. The maximum atomic E-state index is 13.5. The summed E-state index contributed by atoms with van der Waals surface area (Å²) in [5, 5.41) is 14.2. The smallest absolute Gasteiger partial charge is 0.458 e. The lowest BCUT2D eigenvalue weighted by molar-refractivity contribution is -0.200. The molecule has 1 saturated heterocycles. The fraction of sp³-hybridized carbons (Fsp3) is 0.357. The molecule has 12 heteroatoms. The summed E-state index contributed by atoms with van der Waals surface area (Å²) in [5.74, 6) is -2.32. The van der Waals surface area contributed by atoms with E-state index in [1.165, 1.54) is 0 Å². The molecular formula is C28H27ClF3N5O3. The van der Waals surface area contributed by atoms with Crippen molar-refractivity contribution >= 4 is 23.5 Å². The van der Waals surface area contributed by atoms with Gasteiger partial charge in [-0.3, -0.25) is 9.69 Å². The highest BCUT2D eigenvalue weighted by molar-refractivity contribution is 6.31. The van der Waals surface area contributed by atoms with Crippen molar-refractivity contribution in [3.63, 3.8) is 0 Å². The summed E-state index contributed by atoms with van der Waals surface area (Å²) in [6, 6.07) is 14.6. The van der Waals surface area contributed by atoms with Gasteiger partial charge in [-0.1, -0.05) is 29.8 Å². The minimum Gasteiger partial charge on any atom is -0.458 e. The average Bonchev–Trinajstić information content (AvgIpc) is 3.21. The first-order valence-electron chi connectivity index (χ1n) is 12.6. The van der Waals surface area contributed by atoms with Gasteiger partial charge >= 0.3 is 12.1 Å². The fourth-order valence-corrected chi connectivity index (χ4v) is 4.89. The second-order valence-electron chi connectivity index (χ2n) is 9.44. The molecule has 0 atom stereocenters. The molecule has 4 rings (SSSR count). The fourth-order valence-electron chi connectivity index (χ4n) is 4.68. The molecule has 1 fully saturated rings. The lowest BCUT2D eigenvalue weighted by Gasteiger charge is -2.35. The van der Waals surface area contributed by atoms with Crippen LogP contribution in [-0.4, -0.2) is 77.0 Å². The summed E-state index contributed by atoms with van der Waals surface area (Å²) in [4.78, 5) is 27.9. The Bertz CT molecular complexity index is 1460. The van der Waals surface area contributed by atoms with Gasteiger partial charge in [-0.25, -0.2) is 9.48 Å². The Morgan fingerprint density at radius 1 is 1.10 bits per heavy atom. The number of nitrogens with zero attached hydrogens (tertiary/aromatic N) is 5. The van der Waals surface area contributed by atoms with Crippen LogP contribution in [0.5, 0.6) is 0 Å². The number of halogens is 4. The highest BCUT2D eigenvalue weighted by atomic mass is 35.5. The van der Waals surface area contributed by atoms with E-state index in [9.17, 15) is 22.8 Å². The van der Waals surface area contributed by atoms with E-state index in [4.69, 9.17) is 16.9 Å². The van der Waals surface area contributed by atoms with Crippen LogP contribution in [0.15, 0.2) is 42.5 Å². The molecule has 0 spiro atoms. The van der Waals surface area contributed by atoms with Crippen LogP contribution in [0.3, 0.4) is 0 Å². The van der Waals surface area contributed by atoms with E-state index in [1.807, 2.05) is 43.0 Å². The number of esters is 1. The molecule has 3 aromatic rings. The molecule has 1 amide bonds. The second kappa shape index (κ2) is 12.1. The summed E-state index contributed by atoms with van der Waals surface area (Å²) in [6.07, 6.45) is -4.53. The molecule has 1 aliphatic heterocycles. The van der Waals surface area contributed by atoms with Gasteiger partial charge in [-0.2, -0.15) is 23.5 Å². The van der Waals surface area contributed by atoms with Crippen LogP contribution in [0.25, 0.3) is 5.69 Å². The molecule has 210 valence electrons. The van der Waals surface area contributed by atoms with Gasteiger partial charge in [0.25, 0.3) is 5.91 Å². The largest absolute Gasteiger partial charge is 0.490 e. The van der Waals surface area contributed by atoms with Crippen LogP contribution in [-0.2, 0) is 16.0 Å². The number of amides is 1. The Labute approximate surface area is 234 Å². The lowest BCUT2D eigenvalue weighted by Crippen LogP contribution is -2.49. The molecule has 1 aromatic heterocycles. The zero-order valence-electron chi connectivity index (χ0n) is 22.0. The van der Waals surface area contributed by atoms with E-state index in [2.05, 4.69) is 9.84 Å². The Morgan fingerprint density at radius 2 is 1.80 bits per heavy atom. The molecule has 8 nitrogen and oxygen atoms in total. The maximum absolute atomic E-state index is 13.5. The number of ether oxygens (including phenoxy) is 1. The Balaban J connectivity index is 1.43. The predicted molar refractivity (Wildman–Crippen MR) is 141 cm³/mol. The Hall–Kier alpha value is -3.88. The molecule has 0 radical (unpaired) electrons. The number of aryl methyl sites for hydroxylation is 1. The molecule has 0 N–H and O–H groups in total. The van der Waals surface area contributed by atoms with Crippen molar-refractivity contribution in [2.24, 2.45) is 0 Å². The van der Waals surface area contributed by atoms with Crippen molar-refractivity contribution < 1.29 is 27.5 Å². The van der Waals surface area contributed by atoms with E-state index in [-0.39, 0.29) is 19.1 Å². The van der Waals surface area contributed by atoms with Crippen molar-refractivity contribution in [3.8, 4) is 11.8 Å². The third-order valence-corrected chi connectivity index (χ3v) is 7.22. The van der Waals surface area contributed by atoms with Gasteiger partial charge in [-0.15, -0.1) is 0 Å². The molecule has 1 aliphatic rings. The number of benzene rings is 2. The number of hydrogen-bond acceptors (Lipinski definition) is 6. The Morgan fingerprint density at radius 3 is 2.45 bits per heavy atom. The Kier molecular flexibility index (Phi) is 8.81. The molecule has 40 heavy (non-hydrogen) atoms. The predicted octanol–water partition coefficient (Wildman–Crippen LogP) is 4.47. The van der Waals surface area contributed by atoms with Crippen LogP contribution < -0.4 is 0 Å². The van der Waals surface area contributed by atoms with Crippen molar-refractivity contribution in [2.75, 3.05) is 39.3 Å². The van der Waals surface area contributed by atoms with Gasteiger partial charge in [-0.05, 0) is 43.7 Å². The number of carbonyl (C=O) groups excluding carboxylic acids is 2. The van der Waals surface area contributed by atoms with Crippen LogP contribution in [0.4, 0.5) is 13.2 Å². The molecular weight excluding hydrogens is 547 g/mol. The topological polar surface area (TPSA) is 91.5 Å². The molecule has 2 aromatic carbocycles. The van der Waals surface area contributed by atoms with Crippen LogP contribution in [0.1, 0.15) is 38.4 Å². The normalized spacial score (nSPS) is 14.2. The van der Waals surface area contributed by atoms with Gasteiger partial charge in [0.2, 0.25) is 0 Å². The summed E-state index contributed by atoms with van der Waals surface area (Å²) >= 11 is 6.23. The van der Waals surface area contributed by atoms with Crippen LogP contribution >= 0.6 is 11.6 Å². The molecule has 0 bridgehead atoms. The minimum atomic E-state index is -5.01. The zero-order valence-corrected chi connectivity index (χ0v) is 22.7. The summed E-state index contributed by atoms with van der Waals surface area (Å²) in [7, 11) is 0. The number of rotatable bonds is 7. The SMILES string of the molecule is Cc1nn(-c2ccc(C#N)c(Cl)c2)c(C)c1Cc1ccccc1C(=O)N1CCN(CCOC(=O)C(F)(F)F)CC1. The van der Waals surface area contributed by atoms with E-state index >= 15 is 0 Å². The lowest BCUT2D eigenvalue weighted by atomic mass is 9.97. The highest BCUT2D eigenvalue weighted by Gasteiger charge is 2.40. The minimum absolute atomic E-state index is 0.125. The monoisotopic (exact) mass is 573 g/mol. The standard InChI is InChI=1S/C28H27ClF3N5O3/c1-18-24(19(2)37(34-18)22-8-7-21(17-33)25(29)16-22)15-20-5-3-4-6-23(20)26(38)36-11-9-35(10-12-36)13-14-40-27(39)28(30,31)32/h3-8,16H,9-15H2,1-2H3. The zero-order chi connectivity index (χ0) is 29.0. The first kappa shape index (κ1) is 29.1. The van der Waals surface area contributed by atoms with Crippen LogP contribution in [0, 0.1) is 25.2 Å². The van der Waals surface area contributed by atoms with Crippen molar-refractivity contribution in [2.45, 2.75) is 26.4 Å². The van der Waals surface area contributed by atoms with E-state index < -0.39 is 12.1 Å². The van der Waals surface area contributed by atoms with Gasteiger partial charge < -0.3 is 9.64 Å². The number of hydrogen-bond donors (Lipinski definition) is 0. The summed E-state index contributed by atoms with van der Waals surface area (Å²) in [6.45, 7) is 5.34. The van der Waals surface area contributed by atoms with Gasteiger partial charge in [0.1, 0.15) is 12.7 Å². The van der Waals surface area contributed by atoms with Crippen LogP contribution in [0.2, 0.25) is 5.02 Å². The third kappa shape index (κ3) is 6.46. The van der Waals surface area contributed by atoms with E-state index in [1.54, 1.807) is 33.8 Å². The first-order valence-corrected chi connectivity index (χ1v) is 13.0. The van der Waals surface area contributed by atoms with Crippen molar-refractivity contribution in [1.29, 1.82) is 5.26 Å². The van der Waals surface area contributed by atoms with E-state index in [0.29, 0.717) is 48.7 Å². The third-order valence-electron chi connectivity index (χ3n) is 6.91. The molecule has 0 aliphatic carbocycles. The van der Waals surface area contributed by atoms with Crippen molar-refractivity contribution in [3.05, 3.63) is 81.1 Å². The first-order chi connectivity index (χ1) is 19.0. The summed E-state index contributed by atoms with van der Waals surface area (Å²) < 4.78 is 42.9. The van der Waals surface area contributed by atoms with Crippen molar-refractivity contribution in [1.82, 2.24) is 19.6 Å². The molecule has 2 heterocycles. The number of carbonyl (C=O) groups is 2. The van der Waals surface area contributed by atoms with Gasteiger partial charge in [0, 0.05) is 56.0 Å². The molecule has 0 unspecified atom stereocenters. The van der Waals surface area contributed by atoms with Gasteiger partial charge in [0.15, 0.2) is 0 Å². The number of nitriles is 1. The second-order valence-corrected chi connectivity index (χ2v) is 9.85. The summed E-state index contributed by atoms with van der Waals surface area (Å²) in [5.41, 5.74) is 5.19. The molecule has 0 saturated carbocycles. The quantitative estimate of drug-likeness (QED) is 0.387. The van der Waals surface area contributed by atoms with E-state index in [0.717, 1.165) is 28.2 Å². The number of piperazine rings is 1. The maximum Gasteiger partial charge on any atom is 0.490 e.